The van der Waals surface area contributed by atoms with Crippen LogP contribution in [0.15, 0.2) is 64.8 Å². The SMILES string of the molecule is SCCCCCCOc1ccc(N=Nc2ccccc2)cc1. The largest absolute Gasteiger partial charge is 0.494 e. The summed E-state index contributed by atoms with van der Waals surface area (Å²) in [5.74, 6) is 1.85. The molecule has 2 aromatic carbocycles. The third kappa shape index (κ3) is 6.31. The zero-order valence-corrected chi connectivity index (χ0v) is 13.6. The third-order valence-electron chi connectivity index (χ3n) is 3.20. The minimum absolute atomic E-state index is 0.761. The fraction of sp³-hybridized carbons (Fsp3) is 0.333. The molecule has 0 aliphatic carbocycles. The number of ether oxygens (including phenoxy) is 1. The minimum atomic E-state index is 0.761. The van der Waals surface area contributed by atoms with Crippen LogP contribution in [0.5, 0.6) is 5.75 Å². The highest BCUT2D eigenvalue weighted by atomic mass is 32.1. The molecule has 2 aromatic rings. The van der Waals surface area contributed by atoms with Crippen LogP contribution in [0.3, 0.4) is 0 Å². The van der Waals surface area contributed by atoms with E-state index in [0.29, 0.717) is 0 Å². The molecule has 0 fully saturated rings. The fourth-order valence-electron chi connectivity index (χ4n) is 1.98. The van der Waals surface area contributed by atoms with Crippen LogP contribution < -0.4 is 4.74 Å². The lowest BCUT2D eigenvalue weighted by Crippen LogP contribution is -1.96. The van der Waals surface area contributed by atoms with Gasteiger partial charge in [0.2, 0.25) is 0 Å². The number of unbranched alkanes of at least 4 members (excludes halogenated alkanes) is 3. The molecule has 0 N–H and O–H groups in total. The molecule has 0 spiro atoms. The van der Waals surface area contributed by atoms with Crippen molar-refractivity contribution in [3.05, 3.63) is 54.6 Å². The maximum absolute atomic E-state index is 5.71. The second kappa shape index (κ2) is 10.0. The average molecular weight is 314 g/mol. The number of hydrogen-bond acceptors (Lipinski definition) is 4. The molecule has 3 nitrogen and oxygen atoms in total. The van der Waals surface area contributed by atoms with Crippen molar-refractivity contribution in [3.63, 3.8) is 0 Å². The number of hydrogen-bond donors (Lipinski definition) is 1. The fourth-order valence-corrected chi connectivity index (χ4v) is 2.20. The van der Waals surface area contributed by atoms with E-state index in [1.807, 2.05) is 54.6 Å². The van der Waals surface area contributed by atoms with Gasteiger partial charge in [-0.25, -0.2) is 0 Å². The van der Waals surface area contributed by atoms with E-state index < -0.39 is 0 Å². The third-order valence-corrected chi connectivity index (χ3v) is 3.51. The Bertz CT molecular complexity index is 555. The summed E-state index contributed by atoms with van der Waals surface area (Å²) in [6.45, 7) is 0.761. The van der Waals surface area contributed by atoms with Gasteiger partial charge in [0.05, 0.1) is 18.0 Å². The molecule has 4 heteroatoms. The van der Waals surface area contributed by atoms with Gasteiger partial charge in [0.1, 0.15) is 5.75 Å². The molecule has 0 saturated heterocycles. The Balaban J connectivity index is 1.74. The molecule has 0 saturated carbocycles. The van der Waals surface area contributed by atoms with Crippen molar-refractivity contribution in [1.29, 1.82) is 0 Å². The standard InChI is InChI=1S/C18H22N2OS/c22-15-7-2-1-6-14-21-18-12-10-17(11-13-18)20-19-16-8-4-3-5-9-16/h3-5,8-13,22H,1-2,6-7,14-15H2. The molecule has 22 heavy (non-hydrogen) atoms. The van der Waals surface area contributed by atoms with Gasteiger partial charge >= 0.3 is 0 Å². The molecule has 116 valence electrons. The van der Waals surface area contributed by atoms with Crippen LogP contribution in [-0.2, 0) is 0 Å². The van der Waals surface area contributed by atoms with Crippen LogP contribution in [0.25, 0.3) is 0 Å². The van der Waals surface area contributed by atoms with E-state index in [9.17, 15) is 0 Å². The van der Waals surface area contributed by atoms with Gasteiger partial charge < -0.3 is 4.74 Å². The van der Waals surface area contributed by atoms with Gasteiger partial charge in [0, 0.05) is 0 Å². The average Bonchev–Trinajstić information content (AvgIpc) is 2.58. The molecule has 0 atom stereocenters. The van der Waals surface area contributed by atoms with Gasteiger partial charge in [-0.05, 0) is 55.0 Å². The van der Waals surface area contributed by atoms with Crippen LogP contribution in [-0.4, -0.2) is 12.4 Å². The summed E-state index contributed by atoms with van der Waals surface area (Å²) < 4.78 is 5.71. The molecule has 0 aliphatic heterocycles. The van der Waals surface area contributed by atoms with Gasteiger partial charge in [-0.3, -0.25) is 0 Å². The van der Waals surface area contributed by atoms with Crippen molar-refractivity contribution in [2.45, 2.75) is 25.7 Å². The lowest BCUT2D eigenvalue weighted by atomic mass is 10.2. The van der Waals surface area contributed by atoms with Crippen molar-refractivity contribution in [3.8, 4) is 5.75 Å². The molecule has 0 heterocycles. The first-order chi connectivity index (χ1) is 10.9. The maximum Gasteiger partial charge on any atom is 0.119 e. The van der Waals surface area contributed by atoms with Crippen LogP contribution in [0.1, 0.15) is 25.7 Å². The molecule has 2 rings (SSSR count). The number of rotatable bonds is 9. The first-order valence-electron chi connectivity index (χ1n) is 7.69. The minimum Gasteiger partial charge on any atom is -0.494 e. The second-order valence-corrected chi connectivity index (χ2v) is 5.46. The predicted octanol–water partition coefficient (Wildman–Crippen LogP) is 5.97. The van der Waals surface area contributed by atoms with Crippen LogP contribution in [0, 0.1) is 0 Å². The van der Waals surface area contributed by atoms with E-state index in [0.717, 1.165) is 35.9 Å². The molecule has 0 bridgehead atoms. The summed E-state index contributed by atoms with van der Waals surface area (Å²) >= 11 is 4.21. The zero-order chi connectivity index (χ0) is 15.5. The number of benzene rings is 2. The lowest BCUT2D eigenvalue weighted by Gasteiger charge is -2.05. The Morgan fingerprint density at radius 1 is 0.727 bits per heavy atom. The molecular formula is C18H22N2OS. The van der Waals surface area contributed by atoms with E-state index >= 15 is 0 Å². The smallest absolute Gasteiger partial charge is 0.119 e. The van der Waals surface area contributed by atoms with Gasteiger partial charge in [-0.1, -0.05) is 31.0 Å². The quantitative estimate of drug-likeness (QED) is 0.345. The van der Waals surface area contributed by atoms with Gasteiger partial charge in [-0.2, -0.15) is 22.9 Å². The van der Waals surface area contributed by atoms with E-state index in [1.165, 1.54) is 19.3 Å². The summed E-state index contributed by atoms with van der Waals surface area (Å²) in [7, 11) is 0. The van der Waals surface area contributed by atoms with E-state index in [4.69, 9.17) is 4.74 Å². The number of thiol groups is 1. The Morgan fingerprint density at radius 2 is 1.36 bits per heavy atom. The second-order valence-electron chi connectivity index (χ2n) is 5.02. The van der Waals surface area contributed by atoms with E-state index in [2.05, 4.69) is 22.9 Å². The Kier molecular flexibility index (Phi) is 7.53. The highest BCUT2D eigenvalue weighted by Crippen LogP contribution is 2.21. The van der Waals surface area contributed by atoms with Crippen LogP contribution in [0.2, 0.25) is 0 Å². The maximum atomic E-state index is 5.71. The van der Waals surface area contributed by atoms with Gasteiger partial charge in [0.15, 0.2) is 0 Å². The first-order valence-corrected chi connectivity index (χ1v) is 8.32. The summed E-state index contributed by atoms with van der Waals surface area (Å²) in [5, 5.41) is 8.40. The first kappa shape index (κ1) is 16.6. The highest BCUT2D eigenvalue weighted by Gasteiger charge is 1.96. The molecule has 0 aromatic heterocycles. The Hall–Kier alpha value is -1.81. The topological polar surface area (TPSA) is 34.0 Å². The Morgan fingerprint density at radius 3 is 2.05 bits per heavy atom. The van der Waals surface area contributed by atoms with E-state index in [1.54, 1.807) is 0 Å². The Labute approximate surface area is 137 Å². The number of azo groups is 1. The van der Waals surface area contributed by atoms with E-state index in [-0.39, 0.29) is 0 Å². The van der Waals surface area contributed by atoms with Crippen LogP contribution in [0.4, 0.5) is 11.4 Å². The summed E-state index contributed by atoms with van der Waals surface area (Å²) in [6.07, 6.45) is 4.70. The monoisotopic (exact) mass is 314 g/mol. The highest BCUT2D eigenvalue weighted by molar-refractivity contribution is 7.80. The predicted molar refractivity (Wildman–Crippen MR) is 94.9 cm³/mol. The normalized spacial score (nSPS) is 11.0. The number of nitrogens with zero attached hydrogens (tertiary/aromatic N) is 2. The zero-order valence-electron chi connectivity index (χ0n) is 12.7. The lowest BCUT2D eigenvalue weighted by molar-refractivity contribution is 0.305. The molecule has 0 unspecified atom stereocenters. The van der Waals surface area contributed by atoms with Crippen molar-refractivity contribution >= 4 is 24.0 Å². The molecule has 0 amide bonds. The summed E-state index contributed by atoms with van der Waals surface area (Å²) in [5.41, 5.74) is 1.68. The molecular weight excluding hydrogens is 292 g/mol. The van der Waals surface area contributed by atoms with Crippen molar-refractivity contribution in [1.82, 2.24) is 0 Å². The van der Waals surface area contributed by atoms with Crippen molar-refractivity contribution in [2.75, 3.05) is 12.4 Å². The van der Waals surface area contributed by atoms with Gasteiger partial charge in [0.25, 0.3) is 0 Å². The summed E-state index contributed by atoms with van der Waals surface area (Å²) in [4.78, 5) is 0. The van der Waals surface area contributed by atoms with Crippen LogP contribution >= 0.6 is 12.6 Å². The summed E-state index contributed by atoms with van der Waals surface area (Å²) in [6, 6.07) is 17.4. The van der Waals surface area contributed by atoms with Crippen molar-refractivity contribution < 1.29 is 4.74 Å². The van der Waals surface area contributed by atoms with Gasteiger partial charge in [-0.15, -0.1) is 0 Å². The molecule has 0 aliphatic rings. The van der Waals surface area contributed by atoms with Crippen molar-refractivity contribution in [2.24, 2.45) is 10.2 Å². The molecule has 0 radical (unpaired) electrons.